The van der Waals surface area contributed by atoms with E-state index in [1.165, 1.54) is 13.2 Å². The Bertz CT molecular complexity index is 1370. The smallest absolute Gasteiger partial charge is 0.308 e. The molecule has 0 spiro atoms. The van der Waals surface area contributed by atoms with Crippen LogP contribution >= 0.6 is 0 Å². The third kappa shape index (κ3) is 5.67. The maximum atomic E-state index is 13.0. The number of amides is 1. The summed E-state index contributed by atoms with van der Waals surface area (Å²) < 4.78 is 37.5. The normalized spacial score (nSPS) is 15.5. The first-order chi connectivity index (χ1) is 16.9. The number of fused-ring (bicyclic) bond motifs is 1. The summed E-state index contributed by atoms with van der Waals surface area (Å²) in [7, 11) is -2.14. The first-order valence-electron chi connectivity index (χ1n) is 10.7. The molecule has 35 heavy (non-hydrogen) atoms. The summed E-state index contributed by atoms with van der Waals surface area (Å²) in [5, 5.41) is 2.74. The molecule has 0 saturated heterocycles. The van der Waals surface area contributed by atoms with Gasteiger partial charge in [0.15, 0.2) is 0 Å². The van der Waals surface area contributed by atoms with E-state index in [4.69, 9.17) is 9.47 Å². The van der Waals surface area contributed by atoms with Gasteiger partial charge in [-0.3, -0.25) is 19.3 Å². The zero-order valence-corrected chi connectivity index (χ0v) is 19.6. The fourth-order valence-corrected chi connectivity index (χ4v) is 4.76. The zero-order chi connectivity index (χ0) is 24.8. The van der Waals surface area contributed by atoms with E-state index in [2.05, 4.69) is 15.0 Å². The van der Waals surface area contributed by atoms with Crippen LogP contribution in [-0.2, 0) is 24.3 Å². The van der Waals surface area contributed by atoms with Gasteiger partial charge in [0.2, 0.25) is 6.10 Å². The lowest BCUT2D eigenvalue weighted by molar-refractivity contribution is -0.154. The lowest BCUT2D eigenvalue weighted by Crippen LogP contribution is -2.26. The summed E-state index contributed by atoms with van der Waals surface area (Å²) in [5.74, 6) is -0.442. The number of methoxy groups -OCH3 is 1. The standard InChI is InChI=1S/C25H23N3O6S/c1-33-19-11-7-10-18(16-19)27-25(30)23(17-8-3-2-4-9-17)34-22(29)14-15-26-24-20-12-5-6-13-21(20)35(31,32)28-24/h2-13,16,23H,14-15H2,1H3,(H,26,28)(H,27,30)/t23-/m1/s1. The van der Waals surface area contributed by atoms with Crippen molar-refractivity contribution < 1.29 is 27.5 Å². The summed E-state index contributed by atoms with van der Waals surface area (Å²) in [4.78, 5) is 30.0. The average Bonchev–Trinajstić information content (AvgIpc) is 3.13. The third-order valence-electron chi connectivity index (χ3n) is 5.18. The van der Waals surface area contributed by atoms with Crippen LogP contribution in [0.3, 0.4) is 0 Å². The van der Waals surface area contributed by atoms with Crippen LogP contribution in [0, 0.1) is 0 Å². The van der Waals surface area contributed by atoms with E-state index in [1.807, 2.05) is 0 Å². The van der Waals surface area contributed by atoms with Gasteiger partial charge in [0, 0.05) is 22.9 Å². The molecule has 0 unspecified atom stereocenters. The molecule has 0 bridgehead atoms. The van der Waals surface area contributed by atoms with Gasteiger partial charge < -0.3 is 14.8 Å². The molecule has 1 amide bonds. The van der Waals surface area contributed by atoms with Crippen molar-refractivity contribution in [2.75, 3.05) is 19.0 Å². The van der Waals surface area contributed by atoms with Crippen molar-refractivity contribution in [1.82, 2.24) is 4.72 Å². The summed E-state index contributed by atoms with van der Waals surface area (Å²) >= 11 is 0. The van der Waals surface area contributed by atoms with Gasteiger partial charge in [-0.05, 0) is 24.3 Å². The zero-order valence-electron chi connectivity index (χ0n) is 18.8. The van der Waals surface area contributed by atoms with Gasteiger partial charge in [0.25, 0.3) is 15.9 Å². The number of nitrogens with zero attached hydrogens (tertiary/aromatic N) is 1. The van der Waals surface area contributed by atoms with E-state index in [0.717, 1.165) is 0 Å². The largest absolute Gasteiger partial charge is 0.497 e. The molecule has 0 aliphatic carbocycles. The molecule has 180 valence electrons. The van der Waals surface area contributed by atoms with Crippen LogP contribution in [0.4, 0.5) is 5.69 Å². The third-order valence-corrected chi connectivity index (χ3v) is 6.57. The second-order valence-corrected chi connectivity index (χ2v) is 9.23. The minimum Gasteiger partial charge on any atom is -0.497 e. The summed E-state index contributed by atoms with van der Waals surface area (Å²) in [5.41, 5.74) is 1.44. The van der Waals surface area contributed by atoms with Crippen molar-refractivity contribution in [1.29, 1.82) is 0 Å². The highest BCUT2D eigenvalue weighted by atomic mass is 32.2. The second kappa shape index (κ2) is 10.4. The van der Waals surface area contributed by atoms with Crippen molar-refractivity contribution in [3.8, 4) is 5.75 Å². The van der Waals surface area contributed by atoms with Gasteiger partial charge in [-0.1, -0.05) is 48.5 Å². The quantitative estimate of drug-likeness (QED) is 0.465. The van der Waals surface area contributed by atoms with Gasteiger partial charge in [-0.2, -0.15) is 0 Å². The summed E-state index contributed by atoms with van der Waals surface area (Å²) in [6.07, 6.45) is -1.34. The average molecular weight is 494 g/mol. The maximum absolute atomic E-state index is 13.0. The molecule has 0 aromatic heterocycles. The number of nitrogens with one attached hydrogen (secondary N) is 2. The molecule has 1 aliphatic rings. The molecular formula is C25H23N3O6S. The van der Waals surface area contributed by atoms with Crippen molar-refractivity contribution in [3.63, 3.8) is 0 Å². The number of rotatable bonds is 8. The monoisotopic (exact) mass is 493 g/mol. The van der Waals surface area contributed by atoms with Crippen molar-refractivity contribution in [2.24, 2.45) is 4.99 Å². The van der Waals surface area contributed by atoms with Gasteiger partial charge in [0.1, 0.15) is 11.6 Å². The first-order valence-corrected chi connectivity index (χ1v) is 12.2. The van der Waals surface area contributed by atoms with Crippen molar-refractivity contribution in [2.45, 2.75) is 17.4 Å². The van der Waals surface area contributed by atoms with E-state index >= 15 is 0 Å². The fourth-order valence-electron chi connectivity index (χ4n) is 3.51. The van der Waals surface area contributed by atoms with Gasteiger partial charge in [-0.15, -0.1) is 0 Å². The number of anilines is 1. The molecule has 3 aromatic carbocycles. The maximum Gasteiger partial charge on any atom is 0.308 e. The predicted octanol–water partition coefficient (Wildman–Crippen LogP) is 3.05. The Morgan fingerprint density at radius 1 is 1.00 bits per heavy atom. The van der Waals surface area contributed by atoms with E-state index in [9.17, 15) is 18.0 Å². The highest BCUT2D eigenvalue weighted by Crippen LogP contribution is 2.24. The van der Waals surface area contributed by atoms with Gasteiger partial charge in [0.05, 0.1) is 25.0 Å². The van der Waals surface area contributed by atoms with E-state index in [1.54, 1.807) is 72.8 Å². The van der Waals surface area contributed by atoms with Gasteiger partial charge >= 0.3 is 5.97 Å². The lowest BCUT2D eigenvalue weighted by atomic mass is 10.1. The fraction of sp³-hybridized carbons (Fsp3) is 0.160. The van der Waals surface area contributed by atoms with Crippen LogP contribution in [0.1, 0.15) is 23.7 Å². The van der Waals surface area contributed by atoms with Crippen LogP contribution in [0.2, 0.25) is 0 Å². The van der Waals surface area contributed by atoms with Crippen molar-refractivity contribution >= 4 is 33.4 Å². The molecule has 3 aromatic rings. The minimum atomic E-state index is -3.67. The Morgan fingerprint density at radius 2 is 1.74 bits per heavy atom. The Morgan fingerprint density at radius 3 is 2.51 bits per heavy atom. The number of ether oxygens (including phenoxy) is 2. The minimum absolute atomic E-state index is 0.0238. The number of hydrogen-bond acceptors (Lipinski definition) is 7. The van der Waals surface area contributed by atoms with E-state index < -0.39 is 28.0 Å². The van der Waals surface area contributed by atoms with Crippen LogP contribution in [0.5, 0.6) is 5.75 Å². The molecular weight excluding hydrogens is 470 g/mol. The molecule has 1 aliphatic heterocycles. The Balaban J connectivity index is 1.44. The second-order valence-electron chi connectivity index (χ2n) is 7.58. The molecule has 9 nitrogen and oxygen atoms in total. The summed E-state index contributed by atoms with van der Waals surface area (Å²) in [6, 6.07) is 21.9. The number of benzene rings is 3. The molecule has 0 radical (unpaired) electrons. The molecule has 10 heteroatoms. The summed E-state index contributed by atoms with van der Waals surface area (Å²) in [6.45, 7) is -0.0238. The molecule has 1 atom stereocenters. The topological polar surface area (TPSA) is 123 Å². The van der Waals surface area contributed by atoms with E-state index in [-0.39, 0.29) is 23.7 Å². The first kappa shape index (κ1) is 24.0. The number of esters is 1. The molecule has 2 N–H and O–H groups in total. The number of hydrogen-bond donors (Lipinski definition) is 2. The molecule has 0 fully saturated rings. The number of amidine groups is 1. The van der Waals surface area contributed by atoms with Crippen molar-refractivity contribution in [3.05, 3.63) is 90.0 Å². The lowest BCUT2D eigenvalue weighted by Gasteiger charge is -2.18. The molecule has 4 rings (SSSR count). The van der Waals surface area contributed by atoms with Crippen LogP contribution in [0.15, 0.2) is 88.8 Å². The Kier molecular flexibility index (Phi) is 7.11. The Labute approximate surface area is 202 Å². The molecule has 0 saturated carbocycles. The van der Waals surface area contributed by atoms with Crippen LogP contribution in [0.25, 0.3) is 0 Å². The van der Waals surface area contributed by atoms with Crippen LogP contribution in [-0.4, -0.2) is 39.8 Å². The van der Waals surface area contributed by atoms with Crippen LogP contribution < -0.4 is 14.8 Å². The SMILES string of the molecule is COc1cccc(NC(=O)[C@H](OC(=O)CCN=C2NS(=O)(=O)c3ccccc32)c2ccccc2)c1. The predicted molar refractivity (Wildman–Crippen MR) is 130 cm³/mol. The van der Waals surface area contributed by atoms with Gasteiger partial charge in [-0.25, -0.2) is 8.42 Å². The van der Waals surface area contributed by atoms with E-state index in [0.29, 0.717) is 22.6 Å². The number of sulfonamides is 1. The number of carbonyl (C=O) groups excluding carboxylic acids is 2. The number of carbonyl (C=O) groups is 2. The highest BCUT2D eigenvalue weighted by molar-refractivity contribution is 7.90. The number of aliphatic imine (C=N–C) groups is 1. The Hall–Kier alpha value is -4.18. The highest BCUT2D eigenvalue weighted by Gasteiger charge is 2.30. The molecule has 1 heterocycles.